The predicted octanol–water partition coefficient (Wildman–Crippen LogP) is 2.59. The van der Waals surface area contributed by atoms with Gasteiger partial charge >= 0.3 is 0 Å². The van der Waals surface area contributed by atoms with E-state index >= 15 is 0 Å². The van der Waals surface area contributed by atoms with Crippen LogP contribution in [-0.2, 0) is 4.74 Å². The summed E-state index contributed by atoms with van der Waals surface area (Å²) in [7, 11) is 0. The fraction of sp³-hybridized carbons (Fsp3) is 0.615. The Balaban J connectivity index is 1.82. The summed E-state index contributed by atoms with van der Waals surface area (Å²) in [5, 5.41) is 9.09. The van der Waals surface area contributed by atoms with Crippen molar-refractivity contribution in [2.45, 2.75) is 30.9 Å². The predicted molar refractivity (Wildman–Crippen MR) is 68.0 cm³/mol. The number of rotatable bonds is 1. The van der Waals surface area contributed by atoms with Crippen LogP contribution in [0.1, 0.15) is 31.0 Å². The van der Waals surface area contributed by atoms with Gasteiger partial charge in [-0.3, -0.25) is 0 Å². The molecule has 0 amide bonds. The monoisotopic (exact) mass is 248 g/mol. The molecular formula is C13H16N2OS. The largest absolute Gasteiger partial charge is 0.374 e. The Bertz CT molecular complexity index is 443. The molecule has 2 fully saturated rings. The molecule has 2 unspecified atom stereocenters. The van der Waals surface area contributed by atoms with Crippen molar-refractivity contribution >= 4 is 11.8 Å². The van der Waals surface area contributed by atoms with E-state index in [4.69, 9.17) is 10.00 Å². The number of nitriles is 1. The Morgan fingerprint density at radius 2 is 2.53 bits per heavy atom. The van der Waals surface area contributed by atoms with E-state index in [2.05, 4.69) is 10.6 Å². The molecular weight excluding hydrogens is 232 g/mol. The molecule has 0 aliphatic carbocycles. The van der Waals surface area contributed by atoms with Crippen molar-refractivity contribution in [3.05, 3.63) is 24.0 Å². The Kier molecular flexibility index (Phi) is 2.89. The van der Waals surface area contributed by atoms with Gasteiger partial charge in [-0.2, -0.15) is 17.0 Å². The van der Waals surface area contributed by atoms with E-state index in [9.17, 15) is 0 Å². The van der Waals surface area contributed by atoms with Crippen LogP contribution < -0.4 is 0 Å². The molecule has 2 aliphatic rings. The highest BCUT2D eigenvalue weighted by molar-refractivity contribution is 7.99. The van der Waals surface area contributed by atoms with Crippen molar-refractivity contribution in [3.63, 3.8) is 0 Å². The summed E-state index contributed by atoms with van der Waals surface area (Å²) in [6.07, 6.45) is 5.28. The maximum atomic E-state index is 9.09. The van der Waals surface area contributed by atoms with Crippen LogP contribution in [0.4, 0.5) is 0 Å². The minimum atomic E-state index is 0.0879. The van der Waals surface area contributed by atoms with E-state index in [1.807, 2.05) is 30.1 Å². The maximum Gasteiger partial charge on any atom is 0.120 e. The Labute approximate surface area is 106 Å². The van der Waals surface area contributed by atoms with Gasteiger partial charge in [0.25, 0.3) is 0 Å². The average Bonchev–Trinajstić information content (AvgIpc) is 2.98. The van der Waals surface area contributed by atoms with Gasteiger partial charge in [0.15, 0.2) is 0 Å². The Hall–Kier alpha value is -0.920. The minimum absolute atomic E-state index is 0.0879. The highest BCUT2D eigenvalue weighted by Crippen LogP contribution is 2.42. The first kappa shape index (κ1) is 11.2. The van der Waals surface area contributed by atoms with Gasteiger partial charge in [0.2, 0.25) is 0 Å². The Morgan fingerprint density at radius 3 is 3.29 bits per heavy atom. The van der Waals surface area contributed by atoms with Crippen LogP contribution in [0.15, 0.2) is 18.3 Å². The highest BCUT2D eigenvalue weighted by Gasteiger charge is 2.41. The van der Waals surface area contributed by atoms with Crippen molar-refractivity contribution in [3.8, 4) is 6.07 Å². The normalized spacial score (nSPS) is 32.8. The van der Waals surface area contributed by atoms with E-state index in [1.165, 1.54) is 5.75 Å². The molecule has 0 radical (unpaired) electrons. The summed E-state index contributed by atoms with van der Waals surface area (Å²) in [4.78, 5) is 0. The maximum absolute atomic E-state index is 9.09. The smallest absolute Gasteiger partial charge is 0.120 e. The van der Waals surface area contributed by atoms with Crippen LogP contribution >= 0.6 is 11.8 Å². The second-order valence-corrected chi connectivity index (χ2v) is 6.00. The zero-order valence-electron chi connectivity index (χ0n) is 9.76. The summed E-state index contributed by atoms with van der Waals surface area (Å²) in [5.74, 6) is 2.33. The van der Waals surface area contributed by atoms with Gasteiger partial charge in [0.05, 0.1) is 5.60 Å². The van der Waals surface area contributed by atoms with Crippen molar-refractivity contribution in [1.29, 1.82) is 5.26 Å². The molecule has 0 N–H and O–H groups in total. The second kappa shape index (κ2) is 4.40. The van der Waals surface area contributed by atoms with Crippen LogP contribution in [0.2, 0.25) is 0 Å². The van der Waals surface area contributed by atoms with E-state index in [1.54, 1.807) is 0 Å². The molecule has 0 bridgehead atoms. The zero-order chi connectivity index (χ0) is 11.7. The summed E-state index contributed by atoms with van der Waals surface area (Å²) in [6.45, 7) is 0.828. The van der Waals surface area contributed by atoms with Crippen molar-refractivity contribution in [2.75, 3.05) is 18.1 Å². The minimum Gasteiger partial charge on any atom is -0.374 e. The van der Waals surface area contributed by atoms with Gasteiger partial charge < -0.3 is 9.30 Å². The molecule has 1 aromatic heterocycles. The fourth-order valence-corrected chi connectivity index (χ4v) is 4.29. The topological polar surface area (TPSA) is 38.0 Å². The fourth-order valence-electron chi connectivity index (χ4n) is 2.91. The molecule has 1 aromatic rings. The van der Waals surface area contributed by atoms with Gasteiger partial charge in [-0.25, -0.2) is 0 Å². The number of hydrogen-bond donors (Lipinski definition) is 0. The van der Waals surface area contributed by atoms with Gasteiger partial charge in [-0.05, 0) is 37.1 Å². The number of thioether (sulfide) groups is 1. The molecule has 0 saturated carbocycles. The first-order valence-electron chi connectivity index (χ1n) is 6.12. The molecule has 3 heterocycles. The molecule has 3 rings (SSSR count). The van der Waals surface area contributed by atoms with Crippen LogP contribution in [0.5, 0.6) is 0 Å². The SMILES string of the molecule is N#Cc1cccn1C1CCOC2(CCSC2)C1. The number of nitrogens with zero attached hydrogens (tertiary/aromatic N) is 2. The van der Waals surface area contributed by atoms with Gasteiger partial charge in [0, 0.05) is 24.6 Å². The molecule has 1 spiro atoms. The molecule has 4 heteroatoms. The number of aromatic nitrogens is 1. The van der Waals surface area contributed by atoms with Crippen LogP contribution in [0.3, 0.4) is 0 Å². The lowest BCUT2D eigenvalue weighted by atomic mass is 9.89. The van der Waals surface area contributed by atoms with Crippen LogP contribution in [0, 0.1) is 11.3 Å². The number of ether oxygens (including phenoxy) is 1. The first-order chi connectivity index (χ1) is 8.33. The third-order valence-electron chi connectivity index (χ3n) is 3.82. The highest BCUT2D eigenvalue weighted by atomic mass is 32.2. The van der Waals surface area contributed by atoms with Crippen LogP contribution in [0.25, 0.3) is 0 Å². The standard InChI is InChI=1S/C13H16N2OS/c14-9-12-2-1-5-15(12)11-3-6-16-13(8-11)4-7-17-10-13/h1-2,5,11H,3-4,6-8,10H2. The van der Waals surface area contributed by atoms with Gasteiger partial charge in [-0.1, -0.05) is 0 Å². The molecule has 2 aliphatic heterocycles. The summed E-state index contributed by atoms with van der Waals surface area (Å²) < 4.78 is 8.14. The van der Waals surface area contributed by atoms with Crippen molar-refractivity contribution in [1.82, 2.24) is 4.57 Å². The summed E-state index contributed by atoms with van der Waals surface area (Å²) in [6, 6.07) is 6.56. The molecule has 2 atom stereocenters. The quantitative estimate of drug-likeness (QED) is 0.766. The zero-order valence-corrected chi connectivity index (χ0v) is 10.6. The van der Waals surface area contributed by atoms with E-state index < -0.39 is 0 Å². The molecule has 3 nitrogen and oxygen atoms in total. The first-order valence-corrected chi connectivity index (χ1v) is 7.27. The van der Waals surface area contributed by atoms with Crippen molar-refractivity contribution in [2.24, 2.45) is 0 Å². The Morgan fingerprint density at radius 1 is 1.59 bits per heavy atom. The number of hydrogen-bond acceptors (Lipinski definition) is 3. The molecule has 90 valence electrons. The van der Waals surface area contributed by atoms with E-state index in [-0.39, 0.29) is 5.60 Å². The molecule has 2 saturated heterocycles. The van der Waals surface area contributed by atoms with E-state index in [0.29, 0.717) is 6.04 Å². The second-order valence-electron chi connectivity index (χ2n) is 4.89. The molecule has 17 heavy (non-hydrogen) atoms. The average molecular weight is 248 g/mol. The lowest BCUT2D eigenvalue weighted by Gasteiger charge is -2.38. The van der Waals surface area contributed by atoms with Crippen molar-refractivity contribution < 1.29 is 4.74 Å². The summed E-state index contributed by atoms with van der Waals surface area (Å²) >= 11 is 1.99. The van der Waals surface area contributed by atoms with Gasteiger partial charge in [0.1, 0.15) is 11.8 Å². The van der Waals surface area contributed by atoms with E-state index in [0.717, 1.165) is 37.3 Å². The lowest BCUT2D eigenvalue weighted by Crippen LogP contribution is -2.40. The third-order valence-corrected chi connectivity index (χ3v) is 5.04. The molecule has 0 aromatic carbocycles. The van der Waals surface area contributed by atoms with Crippen LogP contribution in [-0.4, -0.2) is 28.3 Å². The lowest BCUT2D eigenvalue weighted by molar-refractivity contribution is -0.0762. The summed E-state index contributed by atoms with van der Waals surface area (Å²) in [5.41, 5.74) is 0.864. The van der Waals surface area contributed by atoms with Gasteiger partial charge in [-0.15, -0.1) is 0 Å². The third kappa shape index (κ3) is 1.98.